The molecule has 0 bridgehead atoms. The predicted molar refractivity (Wildman–Crippen MR) is 110 cm³/mol. The van der Waals surface area contributed by atoms with Gasteiger partial charge in [0.15, 0.2) is 0 Å². The van der Waals surface area contributed by atoms with Crippen molar-refractivity contribution in [2.24, 2.45) is 0 Å². The van der Waals surface area contributed by atoms with Gasteiger partial charge in [0, 0.05) is 16.0 Å². The molecule has 0 radical (unpaired) electrons. The Morgan fingerprint density at radius 2 is 1.44 bits per heavy atom. The molecule has 0 spiro atoms. The van der Waals surface area contributed by atoms with Crippen LogP contribution in [-0.2, 0) is 15.6 Å². The lowest BCUT2D eigenvalue weighted by molar-refractivity contribution is -0.133. The van der Waals surface area contributed by atoms with Crippen molar-refractivity contribution in [1.29, 1.82) is 0 Å². The average Bonchev–Trinajstić information content (AvgIpc) is 2.44. The molecule has 0 saturated carbocycles. The van der Waals surface area contributed by atoms with Gasteiger partial charge in [0.2, 0.25) is 0 Å². The minimum Gasteiger partial charge on any atom is -0.507 e. The zero-order valence-electron chi connectivity index (χ0n) is 16.3. The van der Waals surface area contributed by atoms with Gasteiger partial charge >= 0.3 is 5.97 Å². The number of hydrogen-bond donors (Lipinski definition) is 2. The van der Waals surface area contributed by atoms with E-state index >= 15 is 0 Å². The average molecular weight is 385 g/mol. The second kappa shape index (κ2) is 9.22. The maximum absolute atomic E-state index is 10.7. The van der Waals surface area contributed by atoms with Crippen LogP contribution in [0.4, 0.5) is 0 Å². The van der Waals surface area contributed by atoms with Crippen LogP contribution in [0.2, 0.25) is 0 Å². The van der Waals surface area contributed by atoms with Crippen molar-refractivity contribution in [1.82, 2.24) is 0 Å². The zero-order valence-corrected chi connectivity index (χ0v) is 17.9. The fourth-order valence-electron chi connectivity index (χ4n) is 2.49. The van der Waals surface area contributed by atoms with Crippen LogP contribution in [0.25, 0.3) is 0 Å². The molecular weight excluding hydrogens is 352 g/mol. The van der Waals surface area contributed by atoms with E-state index in [4.69, 9.17) is 5.11 Å². The summed E-state index contributed by atoms with van der Waals surface area (Å²) in [5.41, 5.74) is 1.79. The van der Waals surface area contributed by atoms with E-state index in [1.807, 2.05) is 11.8 Å². The van der Waals surface area contributed by atoms with E-state index in [9.17, 15) is 9.90 Å². The molecule has 0 fully saturated rings. The van der Waals surface area contributed by atoms with E-state index in [0.29, 0.717) is 5.75 Å². The summed E-state index contributed by atoms with van der Waals surface area (Å²) in [5.74, 6) is 1.77. The maximum Gasteiger partial charge on any atom is 0.313 e. The molecule has 0 aliphatic carbocycles. The monoisotopic (exact) mass is 384 g/mol. The summed E-state index contributed by atoms with van der Waals surface area (Å²) in [5, 5.41) is 19.4. The Labute approximate surface area is 161 Å². The number of carboxylic acid groups (broad SMARTS) is 1. The molecule has 1 aromatic carbocycles. The summed E-state index contributed by atoms with van der Waals surface area (Å²) < 4.78 is 0. The minimum absolute atomic E-state index is 0.103. The molecule has 0 aliphatic heterocycles. The van der Waals surface area contributed by atoms with Gasteiger partial charge in [0.25, 0.3) is 0 Å². The fourth-order valence-corrected chi connectivity index (χ4v) is 4.20. The number of hydrogen-bond acceptors (Lipinski definition) is 4. The molecule has 2 N–H and O–H groups in total. The fraction of sp³-hybridized carbons (Fsp3) is 0.650. The van der Waals surface area contributed by atoms with Gasteiger partial charge in [-0.15, -0.1) is 11.8 Å². The number of carbonyl (C=O) groups is 1. The van der Waals surface area contributed by atoms with Crippen molar-refractivity contribution < 1.29 is 15.0 Å². The van der Waals surface area contributed by atoms with Crippen LogP contribution in [0, 0.1) is 0 Å². The predicted octanol–water partition coefficient (Wildman–Crippen LogP) is 5.68. The zero-order chi connectivity index (χ0) is 19.3. The molecule has 1 aromatic rings. The Bertz CT molecular complexity index is 549. The van der Waals surface area contributed by atoms with E-state index in [1.54, 1.807) is 0 Å². The molecule has 3 nitrogen and oxygen atoms in total. The molecule has 0 aliphatic rings. The number of carboxylic acids is 1. The van der Waals surface area contributed by atoms with Crippen molar-refractivity contribution in [2.45, 2.75) is 70.1 Å². The van der Waals surface area contributed by atoms with E-state index in [2.05, 4.69) is 53.7 Å². The third-order valence-electron chi connectivity index (χ3n) is 3.88. The number of thioether (sulfide) groups is 2. The van der Waals surface area contributed by atoms with Crippen LogP contribution in [0.5, 0.6) is 5.75 Å². The summed E-state index contributed by atoms with van der Waals surface area (Å²) in [7, 11) is 0. The van der Waals surface area contributed by atoms with Gasteiger partial charge in [-0.1, -0.05) is 41.5 Å². The first-order chi connectivity index (χ1) is 11.4. The Kier molecular flexibility index (Phi) is 8.20. The highest BCUT2D eigenvalue weighted by molar-refractivity contribution is 8.00. The van der Waals surface area contributed by atoms with Crippen molar-refractivity contribution in [3.63, 3.8) is 0 Å². The standard InChI is InChI=1S/C20H32O3S2/c1-19(2,3)15-11-14(12-16(18(15)23)20(4,5)6)25-10-8-7-9-24-13-17(21)22/h11-12,23H,7-10,13H2,1-6H3,(H,21,22). The number of aromatic hydroxyl groups is 1. The summed E-state index contributed by atoms with van der Waals surface area (Å²) in [4.78, 5) is 11.7. The maximum atomic E-state index is 10.7. The Morgan fingerprint density at radius 1 is 0.960 bits per heavy atom. The van der Waals surface area contributed by atoms with Crippen molar-refractivity contribution in [2.75, 3.05) is 17.3 Å². The number of unbranched alkanes of at least 4 members (excludes halogenated alkanes) is 1. The van der Waals surface area contributed by atoms with E-state index in [-0.39, 0.29) is 16.6 Å². The summed E-state index contributed by atoms with van der Waals surface area (Å²) >= 11 is 3.30. The molecule has 1 rings (SSSR count). The number of aliphatic carboxylic acids is 1. The molecule has 0 atom stereocenters. The first-order valence-electron chi connectivity index (χ1n) is 8.73. The smallest absolute Gasteiger partial charge is 0.313 e. The Morgan fingerprint density at radius 3 is 1.88 bits per heavy atom. The highest BCUT2D eigenvalue weighted by Crippen LogP contribution is 2.41. The van der Waals surface area contributed by atoms with Gasteiger partial charge in [-0.3, -0.25) is 4.79 Å². The van der Waals surface area contributed by atoms with Crippen LogP contribution in [0.1, 0.15) is 65.5 Å². The van der Waals surface area contributed by atoms with E-state index in [1.165, 1.54) is 16.7 Å². The summed E-state index contributed by atoms with van der Waals surface area (Å²) in [6.07, 6.45) is 2.09. The summed E-state index contributed by atoms with van der Waals surface area (Å²) in [6, 6.07) is 4.24. The number of rotatable bonds is 8. The van der Waals surface area contributed by atoms with Crippen LogP contribution in [0.3, 0.4) is 0 Å². The minimum atomic E-state index is -0.743. The van der Waals surface area contributed by atoms with Gasteiger partial charge in [-0.05, 0) is 47.3 Å². The Hall–Kier alpha value is -0.810. The van der Waals surface area contributed by atoms with Gasteiger partial charge in [-0.2, -0.15) is 11.8 Å². The second-order valence-corrected chi connectivity index (χ2v) is 10.6. The van der Waals surface area contributed by atoms with Crippen LogP contribution in [0.15, 0.2) is 17.0 Å². The normalized spacial score (nSPS) is 12.4. The Balaban J connectivity index is 2.75. The molecule has 0 heterocycles. The molecular formula is C20H32O3S2. The first-order valence-corrected chi connectivity index (χ1v) is 10.9. The van der Waals surface area contributed by atoms with E-state index < -0.39 is 5.97 Å². The van der Waals surface area contributed by atoms with Gasteiger partial charge in [0.1, 0.15) is 5.75 Å². The summed E-state index contributed by atoms with van der Waals surface area (Å²) in [6.45, 7) is 12.8. The third-order valence-corrected chi connectivity index (χ3v) is 5.97. The molecule has 0 aromatic heterocycles. The topological polar surface area (TPSA) is 57.5 Å². The number of phenols is 1. The lowest BCUT2D eigenvalue weighted by Crippen LogP contribution is -2.17. The van der Waals surface area contributed by atoms with Crippen LogP contribution < -0.4 is 0 Å². The lowest BCUT2D eigenvalue weighted by atomic mass is 9.79. The number of benzene rings is 1. The number of phenolic OH excluding ortho intramolecular Hbond substituents is 1. The largest absolute Gasteiger partial charge is 0.507 e. The van der Waals surface area contributed by atoms with Crippen molar-refractivity contribution in [3.8, 4) is 5.75 Å². The molecule has 0 saturated heterocycles. The van der Waals surface area contributed by atoms with Crippen LogP contribution in [-0.4, -0.2) is 33.4 Å². The highest BCUT2D eigenvalue weighted by atomic mass is 32.2. The molecule has 0 unspecified atom stereocenters. The molecule has 0 amide bonds. The SMILES string of the molecule is CC(C)(C)c1cc(SCCCCSCC(=O)O)cc(C(C)(C)C)c1O. The van der Waals surface area contributed by atoms with Crippen LogP contribution >= 0.6 is 23.5 Å². The van der Waals surface area contributed by atoms with Gasteiger partial charge in [0.05, 0.1) is 5.75 Å². The van der Waals surface area contributed by atoms with Crippen molar-refractivity contribution >= 4 is 29.5 Å². The molecule has 5 heteroatoms. The van der Waals surface area contributed by atoms with E-state index in [0.717, 1.165) is 35.5 Å². The third kappa shape index (κ3) is 7.53. The first kappa shape index (κ1) is 22.2. The van der Waals surface area contributed by atoms with Gasteiger partial charge < -0.3 is 10.2 Å². The molecule has 142 valence electrons. The lowest BCUT2D eigenvalue weighted by Gasteiger charge is -2.28. The highest BCUT2D eigenvalue weighted by Gasteiger charge is 2.26. The quantitative estimate of drug-likeness (QED) is 0.446. The van der Waals surface area contributed by atoms with Gasteiger partial charge in [-0.25, -0.2) is 0 Å². The molecule has 25 heavy (non-hydrogen) atoms. The second-order valence-electron chi connectivity index (χ2n) is 8.37. The van der Waals surface area contributed by atoms with Crippen molar-refractivity contribution in [3.05, 3.63) is 23.3 Å².